The van der Waals surface area contributed by atoms with Crippen molar-refractivity contribution in [3.05, 3.63) is 77.9 Å². The highest BCUT2D eigenvalue weighted by molar-refractivity contribution is 5.89. The lowest BCUT2D eigenvalue weighted by Crippen LogP contribution is -2.38. The average molecular weight is 706 g/mol. The molecule has 3 aliphatic rings. The SMILES string of the molecule is CC1CCCCN1c1nnc2ccc(OC3CCC(NC(=O)Nc4cc(C(C)(C)C)nn4-c4cnn(CCN5CCCC5)c4)c4ccccc43)cn12. The molecule has 3 atom stereocenters. The van der Waals surface area contributed by atoms with Gasteiger partial charge in [0.1, 0.15) is 23.4 Å². The molecule has 0 radical (unpaired) electrons. The number of ether oxygens (including phenoxy) is 1. The second-order valence-electron chi connectivity index (χ2n) is 15.7. The number of piperidine rings is 1. The van der Waals surface area contributed by atoms with Gasteiger partial charge in [0, 0.05) is 30.6 Å². The summed E-state index contributed by atoms with van der Waals surface area (Å²) in [5.74, 6) is 2.24. The highest BCUT2D eigenvalue weighted by Crippen LogP contribution is 2.39. The lowest BCUT2D eigenvalue weighted by Gasteiger charge is -2.33. The molecule has 0 bridgehead atoms. The first kappa shape index (κ1) is 34.2. The van der Waals surface area contributed by atoms with Crippen molar-refractivity contribution in [1.29, 1.82) is 0 Å². The lowest BCUT2D eigenvalue weighted by atomic mass is 9.85. The Labute approximate surface area is 305 Å². The maximum absolute atomic E-state index is 13.7. The fourth-order valence-corrected chi connectivity index (χ4v) is 7.89. The molecular weight excluding hydrogens is 655 g/mol. The van der Waals surface area contributed by atoms with Crippen molar-refractivity contribution in [3.63, 3.8) is 0 Å². The van der Waals surface area contributed by atoms with E-state index in [0.29, 0.717) is 11.9 Å². The molecule has 0 saturated carbocycles. The molecule has 274 valence electrons. The molecule has 2 amide bonds. The molecular formula is C39H51N11O2. The van der Waals surface area contributed by atoms with Crippen molar-refractivity contribution in [3.8, 4) is 11.4 Å². The van der Waals surface area contributed by atoms with E-state index < -0.39 is 0 Å². The van der Waals surface area contributed by atoms with Crippen LogP contribution >= 0.6 is 0 Å². The molecule has 1 aromatic carbocycles. The van der Waals surface area contributed by atoms with Crippen LogP contribution in [-0.2, 0) is 12.0 Å². The van der Waals surface area contributed by atoms with Crippen LogP contribution in [0.2, 0.25) is 0 Å². The number of aromatic nitrogens is 7. The maximum Gasteiger partial charge on any atom is 0.320 e. The second-order valence-corrected chi connectivity index (χ2v) is 15.7. The number of anilines is 2. The molecule has 2 aliphatic heterocycles. The second kappa shape index (κ2) is 14.3. The number of amides is 2. The smallest absolute Gasteiger partial charge is 0.320 e. The topological polar surface area (TPSA) is 123 Å². The van der Waals surface area contributed by atoms with Crippen LogP contribution < -0.4 is 20.3 Å². The molecule has 13 nitrogen and oxygen atoms in total. The number of hydrogen-bond donors (Lipinski definition) is 2. The number of hydrogen-bond acceptors (Lipinski definition) is 8. The predicted octanol–water partition coefficient (Wildman–Crippen LogP) is 6.66. The number of fused-ring (bicyclic) bond motifs is 2. The molecule has 4 aromatic heterocycles. The van der Waals surface area contributed by atoms with E-state index in [0.717, 1.165) is 98.3 Å². The summed E-state index contributed by atoms with van der Waals surface area (Å²) in [5.41, 5.74) is 4.45. The Bertz CT molecular complexity index is 2020. The van der Waals surface area contributed by atoms with Crippen LogP contribution in [0.15, 0.2) is 61.1 Å². The minimum atomic E-state index is -0.278. The number of carbonyl (C=O) groups excluding carboxylic acids is 1. The fraction of sp³-hybridized carbons (Fsp3) is 0.513. The molecule has 0 spiro atoms. The van der Waals surface area contributed by atoms with Gasteiger partial charge in [0.05, 0.1) is 36.9 Å². The van der Waals surface area contributed by atoms with Gasteiger partial charge in [-0.15, -0.1) is 10.2 Å². The van der Waals surface area contributed by atoms with Gasteiger partial charge in [-0.25, -0.2) is 9.48 Å². The summed E-state index contributed by atoms with van der Waals surface area (Å²) in [5, 5.41) is 24.9. The Morgan fingerprint density at radius 3 is 2.54 bits per heavy atom. The van der Waals surface area contributed by atoms with Crippen LogP contribution in [0, 0.1) is 0 Å². The van der Waals surface area contributed by atoms with Gasteiger partial charge in [-0.2, -0.15) is 10.2 Å². The van der Waals surface area contributed by atoms with Crippen LogP contribution in [0.1, 0.15) is 102 Å². The third-order valence-electron chi connectivity index (χ3n) is 10.9. The summed E-state index contributed by atoms with van der Waals surface area (Å²) in [6.45, 7) is 13.7. The van der Waals surface area contributed by atoms with Gasteiger partial charge >= 0.3 is 6.03 Å². The van der Waals surface area contributed by atoms with Gasteiger partial charge in [0.25, 0.3) is 0 Å². The van der Waals surface area contributed by atoms with E-state index in [2.05, 4.69) is 80.0 Å². The average Bonchev–Trinajstić information content (AvgIpc) is 3.96. The van der Waals surface area contributed by atoms with Gasteiger partial charge in [0.15, 0.2) is 5.65 Å². The van der Waals surface area contributed by atoms with E-state index in [1.165, 1.54) is 19.3 Å². The number of likely N-dealkylation sites (tertiary alicyclic amines) is 1. The largest absolute Gasteiger partial charge is 0.484 e. The maximum atomic E-state index is 13.7. The van der Waals surface area contributed by atoms with Crippen molar-refractivity contribution < 1.29 is 9.53 Å². The van der Waals surface area contributed by atoms with Crippen molar-refractivity contribution in [2.75, 3.05) is 36.4 Å². The van der Waals surface area contributed by atoms with Gasteiger partial charge in [-0.3, -0.25) is 14.4 Å². The van der Waals surface area contributed by atoms with Crippen molar-refractivity contribution >= 4 is 23.4 Å². The first-order valence-corrected chi connectivity index (χ1v) is 19.0. The zero-order valence-electron chi connectivity index (χ0n) is 30.8. The van der Waals surface area contributed by atoms with E-state index in [4.69, 9.17) is 9.84 Å². The van der Waals surface area contributed by atoms with E-state index in [1.54, 1.807) is 4.68 Å². The van der Waals surface area contributed by atoms with Crippen LogP contribution in [0.25, 0.3) is 11.3 Å². The number of nitrogens with one attached hydrogen (secondary N) is 2. The summed E-state index contributed by atoms with van der Waals surface area (Å²) in [7, 11) is 0. The summed E-state index contributed by atoms with van der Waals surface area (Å²) in [6, 6.07) is 14.1. The Morgan fingerprint density at radius 2 is 1.73 bits per heavy atom. The fourth-order valence-electron chi connectivity index (χ4n) is 7.89. The molecule has 3 unspecified atom stereocenters. The number of benzene rings is 1. The molecule has 2 N–H and O–H groups in total. The quantitative estimate of drug-likeness (QED) is 0.175. The molecule has 13 heteroatoms. The lowest BCUT2D eigenvalue weighted by molar-refractivity contribution is 0.171. The Kier molecular flexibility index (Phi) is 9.37. The summed E-state index contributed by atoms with van der Waals surface area (Å²) < 4.78 is 12.5. The Morgan fingerprint density at radius 1 is 0.923 bits per heavy atom. The minimum absolute atomic E-state index is 0.151. The van der Waals surface area contributed by atoms with Crippen LogP contribution in [0.5, 0.6) is 5.75 Å². The van der Waals surface area contributed by atoms with E-state index >= 15 is 0 Å². The van der Waals surface area contributed by atoms with Gasteiger partial charge in [-0.05, 0) is 88.2 Å². The van der Waals surface area contributed by atoms with Crippen LogP contribution in [-0.4, -0.2) is 77.3 Å². The van der Waals surface area contributed by atoms with Crippen molar-refractivity contribution in [2.24, 2.45) is 0 Å². The van der Waals surface area contributed by atoms with E-state index in [9.17, 15) is 4.79 Å². The van der Waals surface area contributed by atoms with Crippen LogP contribution in [0.4, 0.5) is 16.6 Å². The van der Waals surface area contributed by atoms with Crippen molar-refractivity contribution in [1.82, 2.24) is 44.4 Å². The number of carbonyl (C=O) groups is 1. The number of urea groups is 1. The van der Waals surface area contributed by atoms with E-state index in [1.807, 2.05) is 53.6 Å². The highest BCUT2D eigenvalue weighted by Gasteiger charge is 2.31. The highest BCUT2D eigenvalue weighted by atomic mass is 16.5. The van der Waals surface area contributed by atoms with E-state index in [-0.39, 0.29) is 23.6 Å². The zero-order chi connectivity index (χ0) is 35.8. The van der Waals surface area contributed by atoms with Gasteiger partial charge in [0.2, 0.25) is 5.95 Å². The van der Waals surface area contributed by atoms with Gasteiger partial charge < -0.3 is 19.9 Å². The monoisotopic (exact) mass is 705 g/mol. The number of nitrogens with zero attached hydrogens (tertiary/aromatic N) is 9. The number of rotatable bonds is 9. The molecule has 5 aromatic rings. The molecule has 6 heterocycles. The predicted molar refractivity (Wildman–Crippen MR) is 201 cm³/mol. The normalized spacial score (nSPS) is 21.0. The first-order chi connectivity index (χ1) is 25.2. The van der Waals surface area contributed by atoms with Crippen LogP contribution in [0.3, 0.4) is 0 Å². The molecule has 2 saturated heterocycles. The third kappa shape index (κ3) is 7.10. The zero-order valence-corrected chi connectivity index (χ0v) is 30.8. The van der Waals surface area contributed by atoms with Crippen molar-refractivity contribution in [2.45, 2.75) is 103 Å². The molecule has 1 aliphatic carbocycles. The number of pyridine rings is 1. The Hall–Kier alpha value is -4.91. The summed E-state index contributed by atoms with van der Waals surface area (Å²) in [6.07, 6.45) is 13.3. The first-order valence-electron chi connectivity index (χ1n) is 19.0. The molecule has 8 rings (SSSR count). The Balaban J connectivity index is 0.969. The third-order valence-corrected chi connectivity index (χ3v) is 10.9. The standard InChI is InChI=1S/C39H51N11O2/c1-27-11-7-8-20-48(27)38-44-43-35-17-14-29(26-49(35)38)52-33-16-15-32(30-12-5-6-13-31(30)33)41-37(51)42-36-23-34(39(2,3)4)45-50(36)28-24-40-47(25-28)22-21-46-18-9-10-19-46/h5-6,12-14,17,23-27,32-33H,7-11,15-16,18-22H2,1-4H3,(H2,41,42,51). The molecule has 2 fully saturated rings. The summed E-state index contributed by atoms with van der Waals surface area (Å²) in [4.78, 5) is 18.5. The van der Waals surface area contributed by atoms with Gasteiger partial charge in [-0.1, -0.05) is 45.0 Å². The summed E-state index contributed by atoms with van der Waals surface area (Å²) >= 11 is 0. The molecule has 52 heavy (non-hydrogen) atoms. The minimum Gasteiger partial charge on any atom is -0.484 e.